The minimum absolute atomic E-state index is 0.172. The highest BCUT2D eigenvalue weighted by molar-refractivity contribution is 5.76. The van der Waals surface area contributed by atoms with Gasteiger partial charge in [0.15, 0.2) is 0 Å². The van der Waals surface area contributed by atoms with Crippen LogP contribution in [0.4, 0.5) is 0 Å². The second-order valence-electron chi connectivity index (χ2n) is 6.27. The maximum absolute atomic E-state index is 12.6. The molecule has 24 heavy (non-hydrogen) atoms. The summed E-state index contributed by atoms with van der Waals surface area (Å²) in [5.41, 5.74) is 1.11. The lowest BCUT2D eigenvalue weighted by atomic mass is 9.95. The summed E-state index contributed by atoms with van der Waals surface area (Å²) in [5, 5.41) is 20.5. The first kappa shape index (κ1) is 16.4. The zero-order valence-corrected chi connectivity index (χ0v) is 13.7. The first-order valence-electron chi connectivity index (χ1n) is 8.50. The molecule has 7 nitrogen and oxygen atoms in total. The molecule has 0 aliphatic carbocycles. The first-order chi connectivity index (χ1) is 11.7. The van der Waals surface area contributed by atoms with Gasteiger partial charge in [0.05, 0.1) is 6.54 Å². The fourth-order valence-corrected chi connectivity index (χ4v) is 3.31. The first-order valence-corrected chi connectivity index (χ1v) is 8.50. The molecule has 1 aromatic carbocycles. The summed E-state index contributed by atoms with van der Waals surface area (Å²) in [6.45, 7) is 1.35. The molecule has 3 rings (SSSR count). The van der Waals surface area contributed by atoms with E-state index < -0.39 is 0 Å². The van der Waals surface area contributed by atoms with Gasteiger partial charge in [-0.1, -0.05) is 12.1 Å². The second kappa shape index (κ2) is 7.90. The number of carbonyl (C=O) groups excluding carboxylic acids is 1. The Morgan fingerprint density at radius 1 is 1.33 bits per heavy atom. The van der Waals surface area contributed by atoms with E-state index in [2.05, 4.69) is 15.5 Å². The molecule has 2 aromatic rings. The van der Waals surface area contributed by atoms with E-state index in [4.69, 9.17) is 0 Å². The average Bonchev–Trinajstić information content (AvgIpc) is 3.12. The quantitative estimate of drug-likeness (QED) is 0.873. The Hall–Kier alpha value is -2.44. The Morgan fingerprint density at radius 3 is 3.04 bits per heavy atom. The normalized spacial score (nSPS) is 17.8. The Morgan fingerprint density at radius 2 is 2.25 bits per heavy atom. The number of tetrazole rings is 1. The third-order valence-corrected chi connectivity index (χ3v) is 4.57. The zero-order chi connectivity index (χ0) is 16.8. The van der Waals surface area contributed by atoms with Gasteiger partial charge in [-0.25, -0.2) is 4.68 Å². The number of hydrogen-bond acceptors (Lipinski definition) is 5. The predicted molar refractivity (Wildman–Crippen MR) is 88.2 cm³/mol. The summed E-state index contributed by atoms with van der Waals surface area (Å²) in [4.78, 5) is 14.6. The molecule has 2 heterocycles. The number of benzene rings is 1. The van der Waals surface area contributed by atoms with Crippen molar-refractivity contribution in [3.8, 4) is 5.75 Å². The number of carbonyl (C=O) groups is 1. The second-order valence-corrected chi connectivity index (χ2v) is 6.27. The molecule has 1 amide bonds. The van der Waals surface area contributed by atoms with Crippen LogP contribution >= 0.6 is 0 Å². The van der Waals surface area contributed by atoms with Crippen molar-refractivity contribution in [2.45, 2.75) is 51.1 Å². The van der Waals surface area contributed by atoms with Crippen molar-refractivity contribution in [3.05, 3.63) is 36.2 Å². The molecule has 0 saturated carbocycles. The molecule has 1 fully saturated rings. The van der Waals surface area contributed by atoms with Crippen molar-refractivity contribution in [2.24, 2.45) is 0 Å². The largest absolute Gasteiger partial charge is 0.508 e. The molecular weight excluding hydrogens is 306 g/mol. The Kier molecular flexibility index (Phi) is 5.40. The van der Waals surface area contributed by atoms with E-state index in [0.29, 0.717) is 18.7 Å². The van der Waals surface area contributed by atoms with Crippen LogP contribution in [-0.2, 0) is 17.8 Å². The molecular formula is C17H23N5O2. The Bertz CT molecular complexity index is 659. The van der Waals surface area contributed by atoms with Crippen LogP contribution in [0, 0.1) is 0 Å². The molecule has 0 bridgehead atoms. The maximum Gasteiger partial charge on any atom is 0.224 e. The molecule has 128 valence electrons. The van der Waals surface area contributed by atoms with Crippen LogP contribution in [0.15, 0.2) is 30.6 Å². The number of likely N-dealkylation sites (tertiary alicyclic amines) is 1. The van der Waals surface area contributed by atoms with Gasteiger partial charge in [0.1, 0.15) is 12.1 Å². The molecule has 0 radical (unpaired) electrons. The Balaban J connectivity index is 1.55. The number of aromatic hydroxyl groups is 1. The number of amides is 1. The molecule has 7 heteroatoms. The van der Waals surface area contributed by atoms with Crippen LogP contribution in [0.3, 0.4) is 0 Å². The molecule has 1 aliphatic heterocycles. The summed E-state index contributed by atoms with van der Waals surface area (Å²) in [6, 6.07) is 7.64. The van der Waals surface area contributed by atoms with Crippen molar-refractivity contribution in [1.29, 1.82) is 0 Å². The minimum Gasteiger partial charge on any atom is -0.508 e. The fourth-order valence-electron chi connectivity index (χ4n) is 3.31. The van der Waals surface area contributed by atoms with Crippen LogP contribution in [-0.4, -0.2) is 48.7 Å². The number of piperidine rings is 1. The van der Waals surface area contributed by atoms with E-state index in [0.717, 1.165) is 37.8 Å². The van der Waals surface area contributed by atoms with Gasteiger partial charge >= 0.3 is 0 Å². The van der Waals surface area contributed by atoms with Crippen LogP contribution < -0.4 is 0 Å². The van der Waals surface area contributed by atoms with Crippen molar-refractivity contribution >= 4 is 5.91 Å². The van der Waals surface area contributed by atoms with Crippen LogP contribution in [0.25, 0.3) is 0 Å². The molecule has 1 aromatic heterocycles. The van der Waals surface area contributed by atoms with Gasteiger partial charge in [0, 0.05) is 19.0 Å². The van der Waals surface area contributed by atoms with E-state index in [9.17, 15) is 9.90 Å². The van der Waals surface area contributed by atoms with Crippen LogP contribution in [0.5, 0.6) is 5.75 Å². The highest BCUT2D eigenvalue weighted by Crippen LogP contribution is 2.23. The lowest BCUT2D eigenvalue weighted by Crippen LogP contribution is -2.44. The highest BCUT2D eigenvalue weighted by Gasteiger charge is 2.26. The summed E-state index contributed by atoms with van der Waals surface area (Å²) < 4.78 is 1.59. The average molecular weight is 329 g/mol. The topological polar surface area (TPSA) is 84.1 Å². The standard InChI is InChI=1S/C17H23N5O2/c23-16-6-3-4-14(12-16)7-8-15-5-1-2-10-22(15)17(24)9-11-21-13-18-19-20-21/h3-4,6,12-13,15,23H,1-2,5,7-11H2/t15-/m1/s1. The van der Waals surface area contributed by atoms with Crippen molar-refractivity contribution in [3.63, 3.8) is 0 Å². The summed E-state index contributed by atoms with van der Waals surface area (Å²) in [5.74, 6) is 0.469. The van der Waals surface area contributed by atoms with Gasteiger partial charge < -0.3 is 10.0 Å². The highest BCUT2D eigenvalue weighted by atomic mass is 16.3. The van der Waals surface area contributed by atoms with E-state index in [1.807, 2.05) is 17.0 Å². The maximum atomic E-state index is 12.6. The van der Waals surface area contributed by atoms with Crippen LogP contribution in [0.1, 0.15) is 37.7 Å². The van der Waals surface area contributed by atoms with E-state index in [1.54, 1.807) is 16.8 Å². The number of phenolic OH excluding ortho intramolecular Hbond substituents is 1. The van der Waals surface area contributed by atoms with Gasteiger partial charge in [-0.15, -0.1) is 5.10 Å². The molecule has 1 aliphatic rings. The molecule has 0 spiro atoms. The zero-order valence-electron chi connectivity index (χ0n) is 13.7. The third-order valence-electron chi connectivity index (χ3n) is 4.57. The number of aryl methyl sites for hydroxylation is 2. The number of rotatable bonds is 6. The van der Waals surface area contributed by atoms with Gasteiger partial charge in [-0.2, -0.15) is 0 Å². The van der Waals surface area contributed by atoms with Crippen molar-refractivity contribution < 1.29 is 9.90 Å². The molecule has 1 atom stereocenters. The molecule has 0 unspecified atom stereocenters. The number of nitrogens with zero attached hydrogens (tertiary/aromatic N) is 5. The van der Waals surface area contributed by atoms with Crippen molar-refractivity contribution in [2.75, 3.05) is 6.54 Å². The van der Waals surface area contributed by atoms with E-state index in [1.165, 1.54) is 12.7 Å². The van der Waals surface area contributed by atoms with Gasteiger partial charge in [-0.3, -0.25) is 4.79 Å². The summed E-state index contributed by atoms with van der Waals surface area (Å²) >= 11 is 0. The molecule has 1 N–H and O–H groups in total. The van der Waals surface area contributed by atoms with Gasteiger partial charge in [-0.05, 0) is 60.2 Å². The number of hydrogen-bond donors (Lipinski definition) is 1. The number of aromatic nitrogens is 4. The minimum atomic E-state index is 0.172. The van der Waals surface area contributed by atoms with Gasteiger partial charge in [0.2, 0.25) is 5.91 Å². The predicted octanol–water partition coefficient (Wildman–Crippen LogP) is 1.78. The summed E-state index contributed by atoms with van der Waals surface area (Å²) in [7, 11) is 0. The third kappa shape index (κ3) is 4.31. The lowest BCUT2D eigenvalue weighted by Gasteiger charge is -2.36. The van der Waals surface area contributed by atoms with Crippen molar-refractivity contribution in [1.82, 2.24) is 25.1 Å². The van der Waals surface area contributed by atoms with E-state index in [-0.39, 0.29) is 11.9 Å². The van der Waals surface area contributed by atoms with Crippen LogP contribution in [0.2, 0.25) is 0 Å². The summed E-state index contributed by atoms with van der Waals surface area (Å²) in [6.07, 6.45) is 7.04. The monoisotopic (exact) mass is 329 g/mol. The SMILES string of the molecule is O=C(CCn1cnnn1)N1CCCC[C@@H]1CCc1cccc(O)c1. The lowest BCUT2D eigenvalue weighted by molar-refractivity contribution is -0.135. The fraction of sp³-hybridized carbons (Fsp3) is 0.529. The number of phenols is 1. The Labute approximate surface area is 141 Å². The van der Waals surface area contributed by atoms with Gasteiger partial charge in [0.25, 0.3) is 0 Å². The smallest absolute Gasteiger partial charge is 0.224 e. The van der Waals surface area contributed by atoms with E-state index >= 15 is 0 Å². The molecule has 1 saturated heterocycles.